The van der Waals surface area contributed by atoms with Gasteiger partial charge in [0, 0.05) is 16.2 Å². The molecule has 1 nitrogen and oxygen atoms in total. The highest BCUT2D eigenvalue weighted by Crippen LogP contribution is 2.33. The first-order valence-electron chi connectivity index (χ1n) is 5.54. The fourth-order valence-electron chi connectivity index (χ4n) is 2.00. The molecule has 16 heavy (non-hydrogen) atoms. The van der Waals surface area contributed by atoms with Gasteiger partial charge < -0.3 is 5.73 Å². The number of benzene rings is 1. The second-order valence-electron chi connectivity index (χ2n) is 4.18. The molecular formula is C12H15F2NS. The largest absolute Gasteiger partial charge is 0.327 e. The van der Waals surface area contributed by atoms with Gasteiger partial charge in [-0.25, -0.2) is 8.78 Å². The van der Waals surface area contributed by atoms with E-state index < -0.39 is 11.6 Å². The van der Waals surface area contributed by atoms with Crippen molar-refractivity contribution >= 4 is 11.8 Å². The zero-order valence-corrected chi connectivity index (χ0v) is 9.77. The van der Waals surface area contributed by atoms with E-state index in [1.165, 1.54) is 25.0 Å². The Morgan fingerprint density at radius 1 is 1.12 bits per heavy atom. The zero-order chi connectivity index (χ0) is 11.5. The van der Waals surface area contributed by atoms with E-state index in [0.29, 0.717) is 5.25 Å². The highest BCUT2D eigenvalue weighted by atomic mass is 32.2. The Labute approximate surface area is 98.4 Å². The molecule has 2 unspecified atom stereocenters. The van der Waals surface area contributed by atoms with Crippen LogP contribution in [-0.2, 0) is 0 Å². The minimum Gasteiger partial charge on any atom is -0.327 e. The molecule has 0 aromatic heterocycles. The highest BCUT2D eigenvalue weighted by molar-refractivity contribution is 8.00. The van der Waals surface area contributed by atoms with Crippen LogP contribution in [0.5, 0.6) is 0 Å². The fraction of sp³-hybridized carbons (Fsp3) is 0.500. The van der Waals surface area contributed by atoms with Crippen molar-refractivity contribution in [2.24, 2.45) is 5.73 Å². The van der Waals surface area contributed by atoms with Crippen LogP contribution in [-0.4, -0.2) is 11.3 Å². The van der Waals surface area contributed by atoms with Crippen molar-refractivity contribution in [2.75, 3.05) is 0 Å². The van der Waals surface area contributed by atoms with Crippen LogP contribution in [0.1, 0.15) is 25.7 Å². The second-order valence-corrected chi connectivity index (χ2v) is 5.49. The van der Waals surface area contributed by atoms with Gasteiger partial charge in [0.1, 0.15) is 0 Å². The van der Waals surface area contributed by atoms with Crippen LogP contribution in [0.4, 0.5) is 8.78 Å². The van der Waals surface area contributed by atoms with Crippen LogP contribution >= 0.6 is 11.8 Å². The SMILES string of the molecule is NC1CCCCC1Sc1ccc(F)c(F)c1. The molecule has 1 aliphatic carbocycles. The molecule has 1 fully saturated rings. The Bertz CT molecular complexity index is 370. The predicted octanol–water partition coefficient (Wildman–Crippen LogP) is 3.33. The zero-order valence-electron chi connectivity index (χ0n) is 8.96. The number of rotatable bonds is 2. The number of thioether (sulfide) groups is 1. The molecule has 0 radical (unpaired) electrons. The lowest BCUT2D eigenvalue weighted by molar-refractivity contribution is 0.453. The normalized spacial score (nSPS) is 25.7. The molecule has 0 amide bonds. The summed E-state index contributed by atoms with van der Waals surface area (Å²) < 4.78 is 25.8. The average molecular weight is 243 g/mol. The van der Waals surface area contributed by atoms with Gasteiger partial charge in [0.2, 0.25) is 0 Å². The van der Waals surface area contributed by atoms with Gasteiger partial charge >= 0.3 is 0 Å². The summed E-state index contributed by atoms with van der Waals surface area (Å²) in [5.74, 6) is -1.58. The molecule has 2 N–H and O–H groups in total. The maximum Gasteiger partial charge on any atom is 0.159 e. The Hall–Kier alpha value is -0.610. The maximum atomic E-state index is 13.0. The van der Waals surface area contributed by atoms with Crippen molar-refractivity contribution in [2.45, 2.75) is 41.9 Å². The van der Waals surface area contributed by atoms with E-state index in [4.69, 9.17) is 5.73 Å². The smallest absolute Gasteiger partial charge is 0.159 e. The molecule has 0 heterocycles. The molecule has 88 valence electrons. The molecular weight excluding hydrogens is 228 g/mol. The number of nitrogens with two attached hydrogens (primary N) is 1. The van der Waals surface area contributed by atoms with Crippen LogP contribution in [0.2, 0.25) is 0 Å². The average Bonchev–Trinajstić information content (AvgIpc) is 2.27. The van der Waals surface area contributed by atoms with E-state index in [-0.39, 0.29) is 6.04 Å². The van der Waals surface area contributed by atoms with Gasteiger partial charge in [0.25, 0.3) is 0 Å². The Balaban J connectivity index is 2.05. The van der Waals surface area contributed by atoms with Crippen LogP contribution in [0.25, 0.3) is 0 Å². The lowest BCUT2D eigenvalue weighted by Gasteiger charge is -2.27. The summed E-state index contributed by atoms with van der Waals surface area (Å²) in [6.45, 7) is 0. The molecule has 1 aromatic rings. The minimum absolute atomic E-state index is 0.173. The van der Waals surface area contributed by atoms with Gasteiger partial charge in [-0.3, -0.25) is 0 Å². The molecule has 0 aliphatic heterocycles. The Kier molecular flexibility index (Phi) is 3.82. The standard InChI is InChI=1S/C12H15F2NS/c13-9-6-5-8(7-10(9)14)16-12-4-2-1-3-11(12)15/h5-7,11-12H,1-4,15H2. The van der Waals surface area contributed by atoms with Crippen LogP contribution in [0, 0.1) is 11.6 Å². The monoisotopic (exact) mass is 243 g/mol. The summed E-state index contributed by atoms with van der Waals surface area (Å²) in [7, 11) is 0. The van der Waals surface area contributed by atoms with Crippen LogP contribution < -0.4 is 5.73 Å². The molecule has 2 rings (SSSR count). The molecule has 2 atom stereocenters. The summed E-state index contributed by atoms with van der Waals surface area (Å²) >= 11 is 1.56. The minimum atomic E-state index is -0.794. The van der Waals surface area contributed by atoms with Gasteiger partial charge in [-0.2, -0.15) is 0 Å². The van der Waals surface area contributed by atoms with Crippen molar-refractivity contribution in [1.82, 2.24) is 0 Å². The van der Waals surface area contributed by atoms with Crippen molar-refractivity contribution in [3.05, 3.63) is 29.8 Å². The van der Waals surface area contributed by atoms with E-state index in [9.17, 15) is 8.78 Å². The van der Waals surface area contributed by atoms with E-state index >= 15 is 0 Å². The lowest BCUT2D eigenvalue weighted by Crippen LogP contribution is -2.35. The van der Waals surface area contributed by atoms with Crippen LogP contribution in [0.15, 0.2) is 23.1 Å². The number of halogens is 2. The lowest BCUT2D eigenvalue weighted by atomic mass is 9.96. The summed E-state index contributed by atoms with van der Waals surface area (Å²) in [5.41, 5.74) is 6.01. The first-order chi connectivity index (χ1) is 7.66. The topological polar surface area (TPSA) is 26.0 Å². The van der Waals surface area contributed by atoms with Crippen molar-refractivity contribution in [3.8, 4) is 0 Å². The van der Waals surface area contributed by atoms with Crippen LogP contribution in [0.3, 0.4) is 0 Å². The van der Waals surface area contributed by atoms with E-state index in [0.717, 1.165) is 17.7 Å². The molecule has 1 aliphatic rings. The van der Waals surface area contributed by atoms with E-state index in [1.54, 1.807) is 17.8 Å². The third-order valence-electron chi connectivity index (χ3n) is 2.93. The fourth-order valence-corrected chi connectivity index (χ4v) is 3.26. The van der Waals surface area contributed by atoms with Crippen molar-refractivity contribution in [1.29, 1.82) is 0 Å². The first kappa shape index (κ1) is 11.9. The first-order valence-corrected chi connectivity index (χ1v) is 6.42. The van der Waals surface area contributed by atoms with Gasteiger partial charge in [-0.15, -0.1) is 11.8 Å². The summed E-state index contributed by atoms with van der Waals surface area (Å²) in [5, 5.41) is 0.332. The molecule has 0 spiro atoms. The third-order valence-corrected chi connectivity index (χ3v) is 4.35. The number of hydrogen-bond donors (Lipinski definition) is 1. The second kappa shape index (κ2) is 5.15. The summed E-state index contributed by atoms with van der Waals surface area (Å²) in [6, 6.07) is 4.21. The summed E-state index contributed by atoms with van der Waals surface area (Å²) in [4.78, 5) is 0.765. The molecule has 0 saturated heterocycles. The van der Waals surface area contributed by atoms with Gasteiger partial charge in [-0.05, 0) is 31.0 Å². The van der Waals surface area contributed by atoms with Crippen molar-refractivity contribution in [3.63, 3.8) is 0 Å². The summed E-state index contributed by atoms with van der Waals surface area (Å²) in [6.07, 6.45) is 4.44. The molecule has 1 saturated carbocycles. The highest BCUT2D eigenvalue weighted by Gasteiger charge is 2.22. The van der Waals surface area contributed by atoms with Gasteiger partial charge in [-0.1, -0.05) is 12.8 Å². The molecule has 0 bridgehead atoms. The molecule has 1 aromatic carbocycles. The van der Waals surface area contributed by atoms with E-state index in [1.807, 2.05) is 0 Å². The molecule has 4 heteroatoms. The van der Waals surface area contributed by atoms with Gasteiger partial charge in [0.15, 0.2) is 11.6 Å². The number of hydrogen-bond acceptors (Lipinski definition) is 2. The quantitative estimate of drug-likeness (QED) is 0.862. The van der Waals surface area contributed by atoms with E-state index in [2.05, 4.69) is 0 Å². The Morgan fingerprint density at radius 3 is 2.56 bits per heavy atom. The Morgan fingerprint density at radius 2 is 1.88 bits per heavy atom. The predicted molar refractivity (Wildman–Crippen MR) is 62.4 cm³/mol. The maximum absolute atomic E-state index is 13.0. The van der Waals surface area contributed by atoms with Gasteiger partial charge in [0.05, 0.1) is 0 Å². The van der Waals surface area contributed by atoms with Crippen molar-refractivity contribution < 1.29 is 8.78 Å². The third kappa shape index (κ3) is 2.74.